The molecule has 0 aliphatic carbocycles. The number of aromatic nitrogens is 5. The fourth-order valence-electron chi connectivity index (χ4n) is 3.78. The summed E-state index contributed by atoms with van der Waals surface area (Å²) in [6, 6.07) is 1.79. The molecule has 3 aromatic rings. The van der Waals surface area contributed by atoms with E-state index in [1.165, 1.54) is 6.07 Å². The van der Waals surface area contributed by atoms with E-state index in [1.807, 2.05) is 24.7 Å². The Balaban J connectivity index is 1.47. The summed E-state index contributed by atoms with van der Waals surface area (Å²) in [6.07, 6.45) is -4.03. The van der Waals surface area contributed by atoms with Crippen molar-refractivity contribution in [3.8, 4) is 0 Å². The van der Waals surface area contributed by atoms with E-state index >= 15 is 0 Å². The van der Waals surface area contributed by atoms with Crippen LogP contribution in [0.25, 0.3) is 5.65 Å². The molecule has 1 amide bonds. The Morgan fingerprint density at radius 2 is 1.78 bits per heavy atom. The van der Waals surface area contributed by atoms with Crippen LogP contribution in [-0.4, -0.2) is 66.3 Å². The van der Waals surface area contributed by atoms with Crippen LogP contribution in [0.4, 0.5) is 17.6 Å². The molecule has 0 N–H and O–H groups in total. The van der Waals surface area contributed by atoms with Gasteiger partial charge in [0.05, 0.1) is 5.69 Å². The summed E-state index contributed by atoms with van der Waals surface area (Å²) in [5, 5.41) is 8.38. The molecule has 4 rings (SSSR count). The van der Waals surface area contributed by atoms with E-state index in [-0.39, 0.29) is 11.3 Å². The molecule has 3 aromatic heterocycles. The first kappa shape index (κ1) is 22.2. The number of alkyl halides is 4. The van der Waals surface area contributed by atoms with Gasteiger partial charge in [-0.15, -0.1) is 0 Å². The molecule has 32 heavy (non-hydrogen) atoms. The van der Waals surface area contributed by atoms with Gasteiger partial charge in [-0.25, -0.2) is 27.1 Å². The Bertz CT molecular complexity index is 1120. The first-order chi connectivity index (χ1) is 15.3. The van der Waals surface area contributed by atoms with Crippen LogP contribution in [0.2, 0.25) is 0 Å². The molecule has 1 saturated heterocycles. The zero-order valence-corrected chi connectivity index (χ0v) is 17.7. The number of aryl methyl sites for hydroxylation is 2. The number of rotatable bonds is 6. The van der Waals surface area contributed by atoms with Crippen LogP contribution < -0.4 is 0 Å². The van der Waals surface area contributed by atoms with Crippen molar-refractivity contribution in [2.75, 3.05) is 26.2 Å². The van der Waals surface area contributed by atoms with Crippen LogP contribution in [0.3, 0.4) is 0 Å². The highest BCUT2D eigenvalue weighted by Crippen LogP contribution is 2.25. The summed E-state index contributed by atoms with van der Waals surface area (Å²) < 4.78 is 55.3. The fourth-order valence-corrected chi connectivity index (χ4v) is 3.78. The van der Waals surface area contributed by atoms with Gasteiger partial charge in [0.25, 0.3) is 18.8 Å². The topological polar surface area (TPSA) is 71.6 Å². The normalized spacial score (nSPS) is 15.4. The number of fused-ring (bicyclic) bond motifs is 1. The zero-order chi connectivity index (χ0) is 23.0. The van der Waals surface area contributed by atoms with Crippen molar-refractivity contribution in [1.82, 2.24) is 34.2 Å². The molecular formula is C20H23F4N7O. The van der Waals surface area contributed by atoms with Gasteiger partial charge in [0.1, 0.15) is 11.4 Å². The van der Waals surface area contributed by atoms with Gasteiger partial charge in [0.2, 0.25) is 0 Å². The van der Waals surface area contributed by atoms with E-state index in [2.05, 4.69) is 20.1 Å². The molecule has 0 unspecified atom stereocenters. The largest absolute Gasteiger partial charge is 0.335 e. The van der Waals surface area contributed by atoms with Crippen molar-refractivity contribution in [2.45, 2.75) is 39.8 Å². The summed E-state index contributed by atoms with van der Waals surface area (Å²) in [4.78, 5) is 20.3. The summed E-state index contributed by atoms with van der Waals surface area (Å²) in [6.45, 7) is 7.64. The summed E-state index contributed by atoms with van der Waals surface area (Å²) in [7, 11) is 0. The van der Waals surface area contributed by atoms with E-state index in [4.69, 9.17) is 0 Å². The van der Waals surface area contributed by atoms with Crippen LogP contribution in [-0.2, 0) is 13.1 Å². The second kappa shape index (κ2) is 8.85. The number of hydrogen-bond acceptors (Lipinski definition) is 5. The molecule has 172 valence electrons. The van der Waals surface area contributed by atoms with Crippen LogP contribution >= 0.6 is 0 Å². The van der Waals surface area contributed by atoms with Gasteiger partial charge in [0.15, 0.2) is 11.3 Å². The SMILES string of the molecule is CCn1cc(CN2CCN(C(=O)c3cc4nc(C(F)F)cc(C(F)F)n4n3)CC2)c(C)n1. The van der Waals surface area contributed by atoms with Crippen molar-refractivity contribution in [3.05, 3.63) is 46.7 Å². The number of carbonyl (C=O) groups is 1. The molecule has 0 radical (unpaired) electrons. The second-order valence-electron chi connectivity index (χ2n) is 7.67. The lowest BCUT2D eigenvalue weighted by Crippen LogP contribution is -2.48. The first-order valence-electron chi connectivity index (χ1n) is 10.3. The highest BCUT2D eigenvalue weighted by atomic mass is 19.3. The number of hydrogen-bond donors (Lipinski definition) is 0. The Morgan fingerprint density at radius 1 is 1.06 bits per heavy atom. The average molecular weight is 453 g/mol. The Labute approximate surface area is 181 Å². The lowest BCUT2D eigenvalue weighted by Gasteiger charge is -2.34. The maximum Gasteiger partial charge on any atom is 0.280 e. The molecule has 0 aromatic carbocycles. The minimum absolute atomic E-state index is 0.0978. The summed E-state index contributed by atoms with van der Waals surface area (Å²) in [5.41, 5.74) is 0.301. The van der Waals surface area contributed by atoms with E-state index in [1.54, 1.807) is 4.90 Å². The predicted molar refractivity (Wildman–Crippen MR) is 107 cm³/mol. The Morgan fingerprint density at radius 3 is 2.38 bits per heavy atom. The smallest absolute Gasteiger partial charge is 0.280 e. The molecule has 0 spiro atoms. The van der Waals surface area contributed by atoms with Crippen molar-refractivity contribution >= 4 is 11.6 Å². The van der Waals surface area contributed by atoms with Crippen molar-refractivity contribution in [2.24, 2.45) is 0 Å². The van der Waals surface area contributed by atoms with Gasteiger partial charge >= 0.3 is 0 Å². The average Bonchev–Trinajstić information content (AvgIpc) is 3.36. The van der Waals surface area contributed by atoms with Crippen molar-refractivity contribution in [3.63, 3.8) is 0 Å². The van der Waals surface area contributed by atoms with Crippen LogP contribution in [0, 0.1) is 6.92 Å². The van der Waals surface area contributed by atoms with Crippen molar-refractivity contribution < 1.29 is 22.4 Å². The first-order valence-corrected chi connectivity index (χ1v) is 10.3. The quantitative estimate of drug-likeness (QED) is 0.537. The molecule has 8 nitrogen and oxygen atoms in total. The van der Waals surface area contributed by atoms with E-state index < -0.39 is 30.1 Å². The standard InChI is InChI=1S/C20H23F4N7O/c1-3-30-11-13(12(2)26-30)10-28-4-6-29(7-5-28)20(32)15-9-17-25-14(18(21)22)8-16(19(23)24)31(17)27-15/h8-9,11,18-19H,3-7,10H2,1-2H3. The van der Waals surface area contributed by atoms with Crippen molar-refractivity contribution in [1.29, 1.82) is 0 Å². The predicted octanol–water partition coefficient (Wildman–Crippen LogP) is 3.09. The van der Waals surface area contributed by atoms with Gasteiger partial charge in [-0.2, -0.15) is 10.2 Å². The third-order valence-electron chi connectivity index (χ3n) is 5.57. The van der Waals surface area contributed by atoms with Gasteiger partial charge < -0.3 is 4.90 Å². The molecule has 0 bridgehead atoms. The van der Waals surface area contributed by atoms with E-state index in [0.717, 1.165) is 28.9 Å². The van der Waals surface area contributed by atoms with Gasteiger partial charge in [-0.3, -0.25) is 14.4 Å². The maximum atomic E-state index is 13.3. The highest BCUT2D eigenvalue weighted by Gasteiger charge is 2.27. The summed E-state index contributed by atoms with van der Waals surface area (Å²) in [5.74, 6) is -0.441. The summed E-state index contributed by atoms with van der Waals surface area (Å²) >= 11 is 0. The molecule has 1 fully saturated rings. The molecule has 1 aliphatic heterocycles. The van der Waals surface area contributed by atoms with Crippen LogP contribution in [0.5, 0.6) is 0 Å². The monoisotopic (exact) mass is 453 g/mol. The van der Waals surface area contributed by atoms with Gasteiger partial charge in [0, 0.05) is 57.1 Å². The highest BCUT2D eigenvalue weighted by molar-refractivity contribution is 5.93. The van der Waals surface area contributed by atoms with Crippen LogP contribution in [0.1, 0.15) is 52.9 Å². The zero-order valence-electron chi connectivity index (χ0n) is 17.7. The molecule has 4 heterocycles. The second-order valence-corrected chi connectivity index (χ2v) is 7.67. The third-order valence-corrected chi connectivity index (χ3v) is 5.57. The fraction of sp³-hybridized carbons (Fsp3) is 0.500. The lowest BCUT2D eigenvalue weighted by molar-refractivity contribution is 0.0621. The minimum Gasteiger partial charge on any atom is -0.335 e. The van der Waals surface area contributed by atoms with Gasteiger partial charge in [-0.05, 0) is 19.9 Å². The molecule has 1 aliphatic rings. The number of amides is 1. The Hall–Kier alpha value is -3.02. The third kappa shape index (κ3) is 4.31. The van der Waals surface area contributed by atoms with Gasteiger partial charge in [-0.1, -0.05) is 0 Å². The Kier molecular flexibility index (Phi) is 6.13. The maximum absolute atomic E-state index is 13.3. The molecule has 12 heteroatoms. The number of halogens is 4. The number of piperazine rings is 1. The molecule has 0 saturated carbocycles. The number of nitrogens with zero attached hydrogens (tertiary/aromatic N) is 7. The minimum atomic E-state index is -3.04. The lowest BCUT2D eigenvalue weighted by atomic mass is 10.2. The number of carbonyl (C=O) groups excluding carboxylic acids is 1. The van der Waals surface area contributed by atoms with E-state index in [9.17, 15) is 22.4 Å². The molecular weight excluding hydrogens is 430 g/mol. The molecule has 0 atom stereocenters. The van der Waals surface area contributed by atoms with Crippen LogP contribution in [0.15, 0.2) is 18.3 Å². The van der Waals surface area contributed by atoms with E-state index in [0.29, 0.717) is 32.2 Å².